The van der Waals surface area contributed by atoms with Gasteiger partial charge in [-0.2, -0.15) is 0 Å². The quantitative estimate of drug-likeness (QED) is 0.723. The number of benzene rings is 1. The van der Waals surface area contributed by atoms with Crippen molar-refractivity contribution in [3.8, 4) is 5.75 Å². The molecule has 0 saturated carbocycles. The van der Waals surface area contributed by atoms with Gasteiger partial charge in [-0.25, -0.2) is 0 Å². The van der Waals surface area contributed by atoms with Gasteiger partial charge < -0.3 is 16.2 Å². The molecule has 0 aliphatic rings. The maximum Gasteiger partial charge on any atom is 0.573 e. The highest BCUT2D eigenvalue weighted by Gasteiger charge is 2.33. The van der Waals surface area contributed by atoms with E-state index < -0.39 is 12.1 Å². The van der Waals surface area contributed by atoms with Gasteiger partial charge in [-0.3, -0.25) is 0 Å². The Labute approximate surface area is 82.4 Å². The van der Waals surface area contributed by atoms with Crippen LogP contribution in [-0.4, -0.2) is 6.36 Å². The molecule has 0 bridgehead atoms. The standard InChI is InChI=1S/C7H6ClF3N2O/c8-3-1-2-4(12)5(13)6(3)14-7(9,10)11/h1-2H,12-13H2. The Balaban J connectivity index is 3.13. The molecule has 0 fully saturated rings. The van der Waals surface area contributed by atoms with E-state index in [2.05, 4.69) is 4.74 Å². The third-order valence-corrected chi connectivity index (χ3v) is 1.70. The monoisotopic (exact) mass is 226 g/mol. The third-order valence-electron chi connectivity index (χ3n) is 1.40. The lowest BCUT2D eigenvalue weighted by atomic mass is 10.2. The highest BCUT2D eigenvalue weighted by molar-refractivity contribution is 6.32. The minimum atomic E-state index is -4.84. The molecule has 0 amide bonds. The number of ether oxygens (including phenoxy) is 1. The number of alkyl halides is 3. The van der Waals surface area contributed by atoms with Gasteiger partial charge >= 0.3 is 6.36 Å². The van der Waals surface area contributed by atoms with Crippen LogP contribution in [0.5, 0.6) is 5.75 Å². The zero-order chi connectivity index (χ0) is 10.9. The SMILES string of the molecule is Nc1ccc(Cl)c(OC(F)(F)F)c1N. The molecule has 3 nitrogen and oxygen atoms in total. The molecule has 4 N–H and O–H groups in total. The molecule has 0 unspecified atom stereocenters. The number of anilines is 2. The average molecular weight is 227 g/mol. The Morgan fingerprint density at radius 2 is 1.79 bits per heavy atom. The molecule has 0 heterocycles. The summed E-state index contributed by atoms with van der Waals surface area (Å²) in [6, 6.07) is 2.47. The summed E-state index contributed by atoms with van der Waals surface area (Å²) in [6.07, 6.45) is -4.84. The summed E-state index contributed by atoms with van der Waals surface area (Å²) in [4.78, 5) is 0. The molecular formula is C7H6ClF3N2O. The van der Waals surface area contributed by atoms with Gasteiger partial charge in [0, 0.05) is 0 Å². The van der Waals surface area contributed by atoms with Gasteiger partial charge in [-0.05, 0) is 12.1 Å². The summed E-state index contributed by atoms with van der Waals surface area (Å²) < 4.78 is 39.2. The fourth-order valence-corrected chi connectivity index (χ4v) is 1.01. The predicted octanol–water partition coefficient (Wildman–Crippen LogP) is 2.40. The molecule has 0 saturated heterocycles. The second-order valence-corrected chi connectivity index (χ2v) is 2.83. The van der Waals surface area contributed by atoms with Crippen molar-refractivity contribution in [2.75, 3.05) is 11.5 Å². The number of rotatable bonds is 1. The fraction of sp³-hybridized carbons (Fsp3) is 0.143. The largest absolute Gasteiger partial charge is 0.573 e. The van der Waals surface area contributed by atoms with E-state index in [4.69, 9.17) is 23.1 Å². The molecule has 14 heavy (non-hydrogen) atoms. The Bertz CT molecular complexity index is 354. The van der Waals surface area contributed by atoms with Gasteiger partial charge in [0.05, 0.1) is 16.4 Å². The molecule has 0 aliphatic carbocycles. The van der Waals surface area contributed by atoms with E-state index in [0.29, 0.717) is 0 Å². The lowest BCUT2D eigenvalue weighted by Crippen LogP contribution is -2.18. The molecule has 7 heteroatoms. The van der Waals surface area contributed by atoms with Crippen LogP contribution in [0.4, 0.5) is 24.5 Å². The molecular weight excluding hydrogens is 221 g/mol. The fourth-order valence-electron chi connectivity index (χ4n) is 0.808. The first-order valence-electron chi connectivity index (χ1n) is 3.40. The third kappa shape index (κ3) is 2.35. The first-order chi connectivity index (χ1) is 6.31. The first-order valence-corrected chi connectivity index (χ1v) is 3.78. The van der Waals surface area contributed by atoms with E-state index in [0.717, 1.165) is 0 Å². The van der Waals surface area contributed by atoms with Gasteiger partial charge in [-0.15, -0.1) is 13.2 Å². The zero-order valence-electron chi connectivity index (χ0n) is 6.73. The summed E-state index contributed by atoms with van der Waals surface area (Å²) in [5.74, 6) is -0.667. The van der Waals surface area contributed by atoms with Crippen molar-refractivity contribution in [3.05, 3.63) is 17.2 Å². The van der Waals surface area contributed by atoms with Crippen LogP contribution < -0.4 is 16.2 Å². The number of halogens is 4. The van der Waals surface area contributed by atoms with Gasteiger partial charge in [0.2, 0.25) is 0 Å². The maximum atomic E-state index is 11.9. The minimum absolute atomic E-state index is 0.0198. The second-order valence-electron chi connectivity index (χ2n) is 2.43. The van der Waals surface area contributed by atoms with E-state index in [1.165, 1.54) is 12.1 Å². The van der Waals surface area contributed by atoms with Crippen LogP contribution in [0.15, 0.2) is 12.1 Å². The summed E-state index contributed by atoms with van der Waals surface area (Å²) in [7, 11) is 0. The van der Waals surface area contributed by atoms with E-state index in [-0.39, 0.29) is 16.4 Å². The highest BCUT2D eigenvalue weighted by Crippen LogP contribution is 2.38. The second kappa shape index (κ2) is 3.45. The molecule has 0 radical (unpaired) electrons. The molecule has 0 spiro atoms. The summed E-state index contributed by atoms with van der Waals surface area (Å²) in [6.45, 7) is 0. The topological polar surface area (TPSA) is 61.3 Å². The van der Waals surface area contributed by atoms with E-state index >= 15 is 0 Å². The Morgan fingerprint density at radius 3 is 2.29 bits per heavy atom. The molecule has 0 aromatic heterocycles. The van der Waals surface area contributed by atoms with Gasteiger partial charge in [0.15, 0.2) is 5.75 Å². The van der Waals surface area contributed by atoms with E-state index in [9.17, 15) is 13.2 Å². The lowest BCUT2D eigenvalue weighted by molar-refractivity contribution is -0.274. The van der Waals surface area contributed by atoms with Crippen LogP contribution in [0.1, 0.15) is 0 Å². The van der Waals surface area contributed by atoms with Crippen molar-refractivity contribution in [1.82, 2.24) is 0 Å². The summed E-state index contributed by atoms with van der Waals surface area (Å²) in [5, 5.41) is -0.242. The minimum Gasteiger partial charge on any atom is -0.402 e. The van der Waals surface area contributed by atoms with Gasteiger partial charge in [-0.1, -0.05) is 11.6 Å². The van der Waals surface area contributed by atoms with Crippen LogP contribution in [0.2, 0.25) is 5.02 Å². The van der Waals surface area contributed by atoms with Gasteiger partial charge in [0.1, 0.15) is 0 Å². The average Bonchev–Trinajstić information content (AvgIpc) is 2.04. The molecule has 1 aromatic carbocycles. The number of hydrogen-bond donors (Lipinski definition) is 2. The molecule has 1 rings (SSSR count). The van der Waals surface area contributed by atoms with Gasteiger partial charge in [0.25, 0.3) is 0 Å². The van der Waals surface area contributed by atoms with Crippen molar-refractivity contribution in [3.63, 3.8) is 0 Å². The smallest absolute Gasteiger partial charge is 0.402 e. The Hall–Kier alpha value is -1.30. The zero-order valence-corrected chi connectivity index (χ0v) is 7.49. The number of nitrogens with two attached hydrogens (primary N) is 2. The van der Waals surface area contributed by atoms with Crippen LogP contribution in [0, 0.1) is 0 Å². The van der Waals surface area contributed by atoms with Crippen LogP contribution in [0.25, 0.3) is 0 Å². The summed E-state index contributed by atoms with van der Waals surface area (Å²) in [5.41, 5.74) is 10.2. The van der Waals surface area contributed by atoms with E-state index in [1.54, 1.807) is 0 Å². The van der Waals surface area contributed by atoms with Crippen molar-refractivity contribution >= 4 is 23.0 Å². The van der Waals surface area contributed by atoms with Crippen molar-refractivity contribution in [2.45, 2.75) is 6.36 Å². The Morgan fingerprint density at radius 1 is 1.21 bits per heavy atom. The van der Waals surface area contributed by atoms with Crippen molar-refractivity contribution in [2.24, 2.45) is 0 Å². The van der Waals surface area contributed by atoms with Crippen LogP contribution >= 0.6 is 11.6 Å². The number of hydrogen-bond acceptors (Lipinski definition) is 3. The lowest BCUT2D eigenvalue weighted by Gasteiger charge is -2.13. The van der Waals surface area contributed by atoms with Crippen LogP contribution in [0.3, 0.4) is 0 Å². The van der Waals surface area contributed by atoms with E-state index in [1.807, 2.05) is 0 Å². The molecule has 0 aliphatic heterocycles. The molecule has 1 aromatic rings. The Kier molecular flexibility index (Phi) is 2.66. The first kappa shape index (κ1) is 10.8. The normalized spacial score (nSPS) is 11.4. The molecule has 0 atom stereocenters. The van der Waals surface area contributed by atoms with Crippen LogP contribution in [-0.2, 0) is 0 Å². The van der Waals surface area contributed by atoms with Crippen molar-refractivity contribution < 1.29 is 17.9 Å². The predicted molar refractivity (Wildman–Crippen MR) is 47.0 cm³/mol. The molecule has 78 valence electrons. The highest BCUT2D eigenvalue weighted by atomic mass is 35.5. The number of nitrogen functional groups attached to an aromatic ring is 2. The van der Waals surface area contributed by atoms with Crippen molar-refractivity contribution in [1.29, 1.82) is 0 Å². The summed E-state index contributed by atoms with van der Waals surface area (Å²) >= 11 is 5.45. The maximum absolute atomic E-state index is 11.9.